The molecule has 0 aromatic carbocycles. The normalized spacial score (nSPS) is 28.2. The minimum absolute atomic E-state index is 0.163. The van der Waals surface area contributed by atoms with E-state index in [1.807, 2.05) is 5.51 Å². The zero-order chi connectivity index (χ0) is 13.9. The highest BCUT2D eigenvalue weighted by atomic mass is 32.1. The van der Waals surface area contributed by atoms with Gasteiger partial charge in [-0.1, -0.05) is 26.7 Å². The van der Waals surface area contributed by atoms with Gasteiger partial charge in [0.15, 0.2) is 0 Å². The average Bonchev–Trinajstić information content (AvgIpc) is 2.91. The summed E-state index contributed by atoms with van der Waals surface area (Å²) in [7, 11) is 2.23. The van der Waals surface area contributed by atoms with E-state index in [1.54, 1.807) is 11.3 Å². The third-order valence-electron chi connectivity index (χ3n) is 4.87. The number of aromatic nitrogens is 1. The largest absolute Gasteiger partial charge is 0.329 e. The van der Waals surface area contributed by atoms with Crippen molar-refractivity contribution in [2.24, 2.45) is 17.6 Å². The molecule has 1 aromatic heterocycles. The van der Waals surface area contributed by atoms with Gasteiger partial charge in [-0.15, -0.1) is 11.3 Å². The van der Waals surface area contributed by atoms with Gasteiger partial charge >= 0.3 is 0 Å². The second kappa shape index (κ2) is 6.33. The van der Waals surface area contributed by atoms with Crippen molar-refractivity contribution in [3.63, 3.8) is 0 Å². The molecule has 2 unspecified atom stereocenters. The monoisotopic (exact) mass is 281 g/mol. The lowest BCUT2D eigenvalue weighted by molar-refractivity contribution is -0.00241. The maximum Gasteiger partial charge on any atom is 0.0795 e. The van der Waals surface area contributed by atoms with E-state index in [9.17, 15) is 0 Å². The van der Waals surface area contributed by atoms with Crippen LogP contribution in [0, 0.1) is 11.8 Å². The van der Waals surface area contributed by atoms with Gasteiger partial charge in [-0.3, -0.25) is 4.90 Å². The molecule has 2 N–H and O–H groups in total. The molecule has 1 aliphatic carbocycles. The van der Waals surface area contributed by atoms with Crippen molar-refractivity contribution in [2.75, 3.05) is 13.6 Å². The van der Waals surface area contributed by atoms with Crippen molar-refractivity contribution in [3.05, 3.63) is 16.6 Å². The molecule has 1 saturated carbocycles. The number of likely N-dealkylation sites (N-methyl/N-ethyl adjacent to an activating group) is 1. The topological polar surface area (TPSA) is 42.1 Å². The molecule has 0 bridgehead atoms. The fraction of sp³-hybridized carbons (Fsp3) is 0.800. The Morgan fingerprint density at radius 2 is 2.32 bits per heavy atom. The van der Waals surface area contributed by atoms with Gasteiger partial charge in [0.1, 0.15) is 0 Å². The molecular formula is C15H27N3S. The Bertz CT molecular complexity index is 377. The predicted octanol–water partition coefficient (Wildman–Crippen LogP) is 3.12. The Morgan fingerprint density at radius 3 is 2.89 bits per heavy atom. The number of hydrogen-bond donors (Lipinski definition) is 1. The zero-order valence-electron chi connectivity index (χ0n) is 12.4. The molecule has 3 nitrogen and oxygen atoms in total. The van der Waals surface area contributed by atoms with Gasteiger partial charge in [0.2, 0.25) is 0 Å². The van der Waals surface area contributed by atoms with Gasteiger partial charge in [0, 0.05) is 24.0 Å². The van der Waals surface area contributed by atoms with E-state index < -0.39 is 0 Å². The lowest BCUT2D eigenvalue weighted by atomic mass is 9.67. The first-order valence-corrected chi connectivity index (χ1v) is 8.33. The fourth-order valence-corrected chi connectivity index (χ4v) is 4.35. The first kappa shape index (κ1) is 14.9. The van der Waals surface area contributed by atoms with Gasteiger partial charge < -0.3 is 5.73 Å². The molecule has 0 spiro atoms. The van der Waals surface area contributed by atoms with Crippen LogP contribution in [0.5, 0.6) is 0 Å². The van der Waals surface area contributed by atoms with Crippen LogP contribution in [0.3, 0.4) is 0 Å². The summed E-state index contributed by atoms with van der Waals surface area (Å²) >= 11 is 1.67. The Hall–Kier alpha value is -0.450. The molecule has 108 valence electrons. The van der Waals surface area contributed by atoms with Crippen molar-refractivity contribution in [1.82, 2.24) is 9.88 Å². The lowest BCUT2D eigenvalue weighted by Gasteiger charge is -2.51. The van der Waals surface area contributed by atoms with Crippen molar-refractivity contribution < 1.29 is 0 Å². The second-order valence-corrected chi connectivity index (χ2v) is 6.96. The Morgan fingerprint density at radius 1 is 1.53 bits per heavy atom. The van der Waals surface area contributed by atoms with E-state index in [4.69, 9.17) is 5.73 Å². The predicted molar refractivity (Wildman–Crippen MR) is 82.2 cm³/mol. The minimum Gasteiger partial charge on any atom is -0.329 e. The summed E-state index contributed by atoms with van der Waals surface area (Å²) in [4.78, 5) is 6.90. The van der Waals surface area contributed by atoms with E-state index in [1.165, 1.54) is 31.4 Å². The number of hydrogen-bond acceptors (Lipinski definition) is 4. The number of nitrogens with two attached hydrogens (primary N) is 1. The Labute approximate surface area is 121 Å². The maximum absolute atomic E-state index is 6.24. The first-order valence-electron chi connectivity index (χ1n) is 7.38. The molecule has 0 aliphatic heterocycles. The molecular weight excluding hydrogens is 254 g/mol. The van der Waals surface area contributed by atoms with E-state index in [0.717, 1.165) is 13.1 Å². The van der Waals surface area contributed by atoms with Gasteiger partial charge in [-0.2, -0.15) is 0 Å². The Kier molecular flexibility index (Phi) is 4.98. The number of rotatable bonds is 5. The van der Waals surface area contributed by atoms with Gasteiger partial charge in [-0.05, 0) is 31.7 Å². The molecule has 1 aromatic rings. The first-order chi connectivity index (χ1) is 9.10. The van der Waals surface area contributed by atoms with Crippen LogP contribution in [-0.4, -0.2) is 29.0 Å². The van der Waals surface area contributed by atoms with Crippen LogP contribution in [-0.2, 0) is 6.54 Å². The summed E-state index contributed by atoms with van der Waals surface area (Å²) in [6.45, 7) is 6.37. The number of thiazole rings is 1. The summed E-state index contributed by atoms with van der Waals surface area (Å²) in [6, 6.07) is 0. The lowest BCUT2D eigenvalue weighted by Crippen LogP contribution is -2.59. The quantitative estimate of drug-likeness (QED) is 0.901. The van der Waals surface area contributed by atoms with Crippen molar-refractivity contribution in [1.29, 1.82) is 0 Å². The van der Waals surface area contributed by atoms with Crippen LogP contribution < -0.4 is 5.73 Å². The fourth-order valence-electron chi connectivity index (χ4n) is 3.80. The highest BCUT2D eigenvalue weighted by Crippen LogP contribution is 2.41. The molecule has 0 radical (unpaired) electrons. The third kappa shape index (κ3) is 3.01. The zero-order valence-corrected chi connectivity index (χ0v) is 13.2. The average molecular weight is 281 g/mol. The van der Waals surface area contributed by atoms with Crippen LogP contribution in [0.15, 0.2) is 10.9 Å². The standard InChI is InChI=1S/C15H27N3S/c1-12(2)14-6-4-5-7-15(14,10-16)18(3)8-13-9-19-11-17-13/h9,11-12,14H,4-8,10,16H2,1-3H3. The van der Waals surface area contributed by atoms with Crippen LogP contribution in [0.2, 0.25) is 0 Å². The minimum atomic E-state index is 0.163. The van der Waals surface area contributed by atoms with E-state index in [0.29, 0.717) is 11.8 Å². The van der Waals surface area contributed by atoms with Crippen molar-refractivity contribution >= 4 is 11.3 Å². The maximum atomic E-state index is 6.24. The third-order valence-corrected chi connectivity index (χ3v) is 5.50. The molecule has 0 amide bonds. The summed E-state index contributed by atoms with van der Waals surface area (Å²) in [5.41, 5.74) is 9.49. The van der Waals surface area contributed by atoms with E-state index >= 15 is 0 Å². The molecule has 2 rings (SSSR count). The van der Waals surface area contributed by atoms with Crippen LogP contribution >= 0.6 is 11.3 Å². The highest BCUT2D eigenvalue weighted by molar-refractivity contribution is 7.07. The highest BCUT2D eigenvalue weighted by Gasteiger charge is 2.44. The molecule has 2 atom stereocenters. The van der Waals surface area contributed by atoms with Crippen molar-refractivity contribution in [2.45, 2.75) is 51.6 Å². The summed E-state index contributed by atoms with van der Waals surface area (Å²) < 4.78 is 0. The molecule has 19 heavy (non-hydrogen) atoms. The molecule has 1 heterocycles. The molecule has 1 aliphatic rings. The summed E-state index contributed by atoms with van der Waals surface area (Å²) in [6.07, 6.45) is 5.21. The van der Waals surface area contributed by atoms with Crippen molar-refractivity contribution in [3.8, 4) is 0 Å². The van der Waals surface area contributed by atoms with Crippen LogP contribution in [0.25, 0.3) is 0 Å². The number of nitrogens with zero attached hydrogens (tertiary/aromatic N) is 2. The van der Waals surface area contributed by atoms with Crippen LogP contribution in [0.4, 0.5) is 0 Å². The smallest absolute Gasteiger partial charge is 0.0795 e. The van der Waals surface area contributed by atoms with Gasteiger partial charge in [0.05, 0.1) is 11.2 Å². The van der Waals surface area contributed by atoms with E-state index in [-0.39, 0.29) is 5.54 Å². The SMILES string of the molecule is CC(C)C1CCCCC1(CN)N(C)Cc1cscn1. The molecule has 4 heteroatoms. The van der Waals surface area contributed by atoms with Gasteiger partial charge in [0.25, 0.3) is 0 Å². The molecule has 1 fully saturated rings. The summed E-state index contributed by atoms with van der Waals surface area (Å²) in [5, 5.41) is 2.15. The molecule has 0 saturated heterocycles. The Balaban J connectivity index is 2.18. The van der Waals surface area contributed by atoms with E-state index in [2.05, 4.69) is 36.2 Å². The second-order valence-electron chi connectivity index (χ2n) is 6.24. The summed E-state index contributed by atoms with van der Waals surface area (Å²) in [5.74, 6) is 1.40. The van der Waals surface area contributed by atoms with Gasteiger partial charge in [-0.25, -0.2) is 4.98 Å². The van der Waals surface area contributed by atoms with Crippen LogP contribution in [0.1, 0.15) is 45.2 Å².